The highest BCUT2D eigenvalue weighted by molar-refractivity contribution is 6.05. The Balaban J connectivity index is 2.15. The number of nitrogens with one attached hydrogen (secondary N) is 2. The minimum Gasteiger partial charge on any atom is -0.299 e. The summed E-state index contributed by atoms with van der Waals surface area (Å²) in [7, 11) is 0. The molecule has 2 N–H and O–H groups in total. The van der Waals surface area contributed by atoms with Crippen LogP contribution in [-0.2, 0) is 9.59 Å². The molecule has 0 spiro atoms. The van der Waals surface area contributed by atoms with Gasteiger partial charge in [-0.15, -0.1) is 0 Å². The third-order valence-corrected chi connectivity index (χ3v) is 2.85. The van der Waals surface area contributed by atoms with Crippen LogP contribution >= 0.6 is 0 Å². The molecule has 18 heavy (non-hydrogen) atoms. The van der Waals surface area contributed by atoms with Crippen LogP contribution < -0.4 is 10.6 Å². The lowest BCUT2D eigenvalue weighted by Crippen LogP contribution is -2.38. The molecule has 0 saturated carbocycles. The van der Waals surface area contributed by atoms with Crippen LogP contribution in [-0.4, -0.2) is 17.9 Å². The van der Waals surface area contributed by atoms with Gasteiger partial charge in [-0.2, -0.15) is 0 Å². The van der Waals surface area contributed by atoms with Gasteiger partial charge in [0.05, 0.1) is 12.5 Å². The largest absolute Gasteiger partial charge is 0.299 e. The standard InChI is InChI=1S/C12H12F2N2O2/c1-6(11-7(13)3-2-4-8(11)14)15-9-5-10(17)16-12(9)18/h2-4,6,9,15H,5H2,1H3,(H,16,17,18). The number of hydrogen-bond donors (Lipinski definition) is 2. The molecule has 96 valence electrons. The van der Waals surface area contributed by atoms with E-state index >= 15 is 0 Å². The lowest BCUT2D eigenvalue weighted by Gasteiger charge is -2.18. The molecular formula is C12H12F2N2O2. The van der Waals surface area contributed by atoms with Crippen LogP contribution in [0, 0.1) is 11.6 Å². The molecular weight excluding hydrogens is 242 g/mol. The van der Waals surface area contributed by atoms with Gasteiger partial charge in [-0.05, 0) is 19.1 Å². The van der Waals surface area contributed by atoms with Crippen molar-refractivity contribution in [1.29, 1.82) is 0 Å². The molecule has 4 nitrogen and oxygen atoms in total. The molecule has 6 heteroatoms. The first-order valence-corrected chi connectivity index (χ1v) is 5.52. The van der Waals surface area contributed by atoms with E-state index in [-0.39, 0.29) is 12.0 Å². The zero-order chi connectivity index (χ0) is 13.3. The summed E-state index contributed by atoms with van der Waals surface area (Å²) in [4.78, 5) is 22.3. The maximum Gasteiger partial charge on any atom is 0.244 e. The number of benzene rings is 1. The molecule has 2 rings (SSSR count). The third-order valence-electron chi connectivity index (χ3n) is 2.85. The highest BCUT2D eigenvalue weighted by Gasteiger charge is 2.32. The van der Waals surface area contributed by atoms with Crippen LogP contribution in [0.5, 0.6) is 0 Å². The summed E-state index contributed by atoms with van der Waals surface area (Å²) in [5.74, 6) is -2.22. The van der Waals surface area contributed by atoms with Gasteiger partial charge >= 0.3 is 0 Å². The minimum absolute atomic E-state index is 0.0146. The third kappa shape index (κ3) is 2.38. The predicted octanol–water partition coefficient (Wildman–Crippen LogP) is 1.03. The summed E-state index contributed by atoms with van der Waals surface area (Å²) in [5.41, 5.74) is -0.135. The molecule has 1 aromatic carbocycles. The van der Waals surface area contributed by atoms with Crippen molar-refractivity contribution in [3.05, 3.63) is 35.4 Å². The van der Waals surface area contributed by atoms with Gasteiger partial charge in [-0.1, -0.05) is 6.07 Å². The van der Waals surface area contributed by atoms with Crippen LogP contribution in [0.25, 0.3) is 0 Å². The Morgan fingerprint density at radius 2 is 1.94 bits per heavy atom. The molecule has 0 aromatic heterocycles. The van der Waals surface area contributed by atoms with Crippen LogP contribution in [0.15, 0.2) is 18.2 Å². The van der Waals surface area contributed by atoms with Crippen molar-refractivity contribution in [1.82, 2.24) is 10.6 Å². The van der Waals surface area contributed by atoms with Crippen LogP contribution in [0.4, 0.5) is 8.78 Å². The Bertz CT molecular complexity index is 485. The van der Waals surface area contributed by atoms with Gasteiger partial charge in [0.2, 0.25) is 11.8 Å². The average Bonchev–Trinajstić information content (AvgIpc) is 2.57. The Kier molecular flexibility index (Phi) is 3.38. The Morgan fingerprint density at radius 1 is 1.33 bits per heavy atom. The number of carbonyl (C=O) groups is 2. The predicted molar refractivity (Wildman–Crippen MR) is 59.5 cm³/mol. The van der Waals surface area contributed by atoms with E-state index in [0.29, 0.717) is 0 Å². The molecule has 0 radical (unpaired) electrons. The average molecular weight is 254 g/mol. The summed E-state index contributed by atoms with van der Waals surface area (Å²) in [5, 5.41) is 4.87. The fourth-order valence-corrected chi connectivity index (χ4v) is 2.00. The van der Waals surface area contributed by atoms with E-state index in [0.717, 1.165) is 12.1 Å². The minimum atomic E-state index is -0.744. The van der Waals surface area contributed by atoms with E-state index in [1.807, 2.05) is 0 Å². The maximum absolute atomic E-state index is 13.5. The monoisotopic (exact) mass is 254 g/mol. The first kappa shape index (κ1) is 12.6. The van der Waals surface area contributed by atoms with Crippen molar-refractivity contribution in [2.75, 3.05) is 0 Å². The van der Waals surface area contributed by atoms with Crippen LogP contribution in [0.1, 0.15) is 24.9 Å². The van der Waals surface area contributed by atoms with Gasteiger partial charge in [0, 0.05) is 11.6 Å². The molecule has 0 aliphatic carbocycles. The van der Waals surface area contributed by atoms with Crippen molar-refractivity contribution in [3.8, 4) is 0 Å². The Morgan fingerprint density at radius 3 is 2.44 bits per heavy atom. The number of halogens is 2. The quantitative estimate of drug-likeness (QED) is 0.792. The molecule has 0 bridgehead atoms. The van der Waals surface area contributed by atoms with Gasteiger partial charge in [0.15, 0.2) is 0 Å². The molecule has 1 aromatic rings. The normalized spacial score (nSPS) is 20.9. The van der Waals surface area contributed by atoms with Gasteiger partial charge in [-0.3, -0.25) is 20.2 Å². The second-order valence-corrected chi connectivity index (χ2v) is 4.19. The van der Waals surface area contributed by atoms with Crippen molar-refractivity contribution in [2.24, 2.45) is 0 Å². The van der Waals surface area contributed by atoms with E-state index in [4.69, 9.17) is 0 Å². The number of amides is 2. The molecule has 2 amide bonds. The summed E-state index contributed by atoms with van der Waals surface area (Å²) >= 11 is 0. The summed E-state index contributed by atoms with van der Waals surface area (Å²) < 4.78 is 27.0. The molecule has 1 aliphatic heterocycles. The maximum atomic E-state index is 13.5. The summed E-state index contributed by atoms with van der Waals surface area (Å²) in [6.07, 6.45) is -0.0146. The van der Waals surface area contributed by atoms with Gasteiger partial charge < -0.3 is 0 Å². The Labute approximate surface area is 102 Å². The zero-order valence-corrected chi connectivity index (χ0v) is 9.67. The topological polar surface area (TPSA) is 58.2 Å². The molecule has 1 fully saturated rings. The highest BCUT2D eigenvalue weighted by Crippen LogP contribution is 2.21. The van der Waals surface area contributed by atoms with Crippen LogP contribution in [0.3, 0.4) is 0 Å². The lowest BCUT2D eigenvalue weighted by atomic mass is 10.1. The number of imide groups is 1. The van der Waals surface area contributed by atoms with Crippen molar-refractivity contribution in [3.63, 3.8) is 0 Å². The molecule has 2 atom stereocenters. The summed E-state index contributed by atoms with van der Waals surface area (Å²) in [6, 6.07) is 2.12. The lowest BCUT2D eigenvalue weighted by molar-refractivity contribution is -0.125. The van der Waals surface area contributed by atoms with Gasteiger partial charge in [-0.25, -0.2) is 8.78 Å². The fourth-order valence-electron chi connectivity index (χ4n) is 2.00. The SMILES string of the molecule is CC(NC1CC(=O)NC1=O)c1c(F)cccc1F. The second-order valence-electron chi connectivity index (χ2n) is 4.19. The number of hydrogen-bond acceptors (Lipinski definition) is 3. The van der Waals surface area contributed by atoms with Gasteiger partial charge in [0.1, 0.15) is 11.6 Å². The second kappa shape index (κ2) is 4.81. The fraction of sp³-hybridized carbons (Fsp3) is 0.333. The summed E-state index contributed by atoms with van der Waals surface area (Å²) in [6.45, 7) is 1.54. The van der Waals surface area contributed by atoms with E-state index in [9.17, 15) is 18.4 Å². The van der Waals surface area contributed by atoms with E-state index in [1.54, 1.807) is 0 Å². The zero-order valence-electron chi connectivity index (χ0n) is 9.67. The van der Waals surface area contributed by atoms with E-state index in [2.05, 4.69) is 10.6 Å². The van der Waals surface area contributed by atoms with Crippen molar-refractivity contribution < 1.29 is 18.4 Å². The Hall–Kier alpha value is -1.82. The smallest absolute Gasteiger partial charge is 0.244 e. The number of carbonyl (C=O) groups excluding carboxylic acids is 2. The molecule has 1 saturated heterocycles. The molecule has 1 aliphatic rings. The van der Waals surface area contributed by atoms with E-state index in [1.165, 1.54) is 13.0 Å². The highest BCUT2D eigenvalue weighted by atomic mass is 19.1. The first-order chi connectivity index (χ1) is 8.49. The first-order valence-electron chi connectivity index (χ1n) is 5.52. The van der Waals surface area contributed by atoms with Crippen LogP contribution in [0.2, 0.25) is 0 Å². The number of rotatable bonds is 3. The van der Waals surface area contributed by atoms with Crippen molar-refractivity contribution >= 4 is 11.8 Å². The molecule has 2 unspecified atom stereocenters. The van der Waals surface area contributed by atoms with E-state index < -0.39 is 35.5 Å². The van der Waals surface area contributed by atoms with Crippen molar-refractivity contribution in [2.45, 2.75) is 25.4 Å². The molecule has 1 heterocycles. The van der Waals surface area contributed by atoms with Gasteiger partial charge in [0.25, 0.3) is 0 Å².